The highest BCUT2D eigenvalue weighted by Gasteiger charge is 2.14. The van der Waals surface area contributed by atoms with E-state index in [1.807, 2.05) is 89.5 Å². The summed E-state index contributed by atoms with van der Waals surface area (Å²) in [6, 6.07) is 27.8. The van der Waals surface area contributed by atoms with Crippen LogP contribution in [-0.2, 0) is 13.2 Å². The standard InChI is InChI=1S/C26H21ClN4OS/c27-23-14-20(32-17-18-6-2-1-3-7-18)10-12-22(23)26-30-29-25-13-11-21(16-31(25)26)33-24-9-5-4-8-19(24)15-28/h1-14,16H,15,17,28H2. The zero-order chi connectivity index (χ0) is 22.6. The molecule has 2 N–H and O–H groups in total. The molecule has 0 aliphatic rings. The van der Waals surface area contributed by atoms with Crippen molar-refractivity contribution in [2.75, 3.05) is 0 Å². The number of rotatable bonds is 7. The third kappa shape index (κ3) is 4.73. The smallest absolute Gasteiger partial charge is 0.169 e. The van der Waals surface area contributed by atoms with E-state index < -0.39 is 0 Å². The van der Waals surface area contributed by atoms with Gasteiger partial charge in [0.25, 0.3) is 0 Å². The van der Waals surface area contributed by atoms with Gasteiger partial charge in [-0.05, 0) is 47.5 Å². The van der Waals surface area contributed by atoms with E-state index in [0.717, 1.165) is 32.1 Å². The van der Waals surface area contributed by atoms with Crippen LogP contribution in [0.2, 0.25) is 5.02 Å². The van der Waals surface area contributed by atoms with Gasteiger partial charge < -0.3 is 10.5 Å². The number of ether oxygens (including phenoxy) is 1. The molecule has 164 valence electrons. The third-order valence-corrected chi connectivity index (χ3v) is 6.63. The first-order valence-electron chi connectivity index (χ1n) is 10.5. The van der Waals surface area contributed by atoms with E-state index in [0.29, 0.717) is 29.7 Å². The minimum atomic E-state index is 0.481. The molecule has 2 aromatic heterocycles. The molecule has 5 aromatic rings. The Balaban J connectivity index is 1.41. The van der Waals surface area contributed by atoms with Crippen LogP contribution in [-0.4, -0.2) is 14.6 Å². The van der Waals surface area contributed by atoms with Gasteiger partial charge in [-0.1, -0.05) is 71.9 Å². The third-order valence-electron chi connectivity index (χ3n) is 5.23. The predicted molar refractivity (Wildman–Crippen MR) is 133 cm³/mol. The summed E-state index contributed by atoms with van der Waals surface area (Å²) in [7, 11) is 0. The van der Waals surface area contributed by atoms with Crippen LogP contribution in [0.3, 0.4) is 0 Å². The number of hydrogen-bond acceptors (Lipinski definition) is 5. The molecule has 0 saturated heterocycles. The minimum absolute atomic E-state index is 0.481. The molecule has 3 aromatic carbocycles. The van der Waals surface area contributed by atoms with Crippen molar-refractivity contribution in [1.82, 2.24) is 14.6 Å². The molecule has 0 radical (unpaired) electrons. The lowest BCUT2D eigenvalue weighted by Crippen LogP contribution is -1.98. The van der Waals surface area contributed by atoms with Crippen LogP contribution < -0.4 is 10.5 Å². The fourth-order valence-corrected chi connectivity index (χ4v) is 4.75. The second-order valence-electron chi connectivity index (χ2n) is 7.45. The molecule has 0 fully saturated rings. The van der Waals surface area contributed by atoms with Crippen molar-refractivity contribution in [3.63, 3.8) is 0 Å². The Hall–Kier alpha value is -3.32. The number of hydrogen-bond donors (Lipinski definition) is 1. The zero-order valence-corrected chi connectivity index (χ0v) is 19.3. The van der Waals surface area contributed by atoms with Crippen molar-refractivity contribution >= 4 is 29.0 Å². The maximum atomic E-state index is 6.63. The van der Waals surface area contributed by atoms with Crippen LogP contribution in [0.25, 0.3) is 17.0 Å². The maximum absolute atomic E-state index is 6.63. The molecule has 0 unspecified atom stereocenters. The summed E-state index contributed by atoms with van der Waals surface area (Å²) in [4.78, 5) is 2.19. The first kappa shape index (κ1) is 21.5. The Kier molecular flexibility index (Phi) is 6.30. The van der Waals surface area contributed by atoms with Crippen molar-refractivity contribution in [3.8, 4) is 17.1 Å². The topological polar surface area (TPSA) is 65.4 Å². The molecule has 0 atom stereocenters. The Morgan fingerprint density at radius 3 is 2.55 bits per heavy atom. The molecule has 2 heterocycles. The first-order chi connectivity index (χ1) is 16.2. The van der Waals surface area contributed by atoms with Gasteiger partial charge in [0.05, 0.1) is 5.02 Å². The number of halogens is 1. The summed E-state index contributed by atoms with van der Waals surface area (Å²) in [6.45, 7) is 0.979. The second kappa shape index (κ2) is 9.67. The van der Waals surface area contributed by atoms with E-state index in [1.54, 1.807) is 11.8 Å². The van der Waals surface area contributed by atoms with Gasteiger partial charge in [-0.15, -0.1) is 10.2 Å². The molecular weight excluding hydrogens is 452 g/mol. The van der Waals surface area contributed by atoms with Gasteiger partial charge in [0, 0.05) is 28.1 Å². The largest absolute Gasteiger partial charge is 0.489 e. The van der Waals surface area contributed by atoms with Gasteiger partial charge in [0.15, 0.2) is 11.5 Å². The second-order valence-corrected chi connectivity index (χ2v) is 8.97. The monoisotopic (exact) mass is 472 g/mol. The van der Waals surface area contributed by atoms with Crippen molar-refractivity contribution in [2.24, 2.45) is 5.73 Å². The van der Waals surface area contributed by atoms with Crippen molar-refractivity contribution < 1.29 is 4.74 Å². The van der Waals surface area contributed by atoms with Gasteiger partial charge in [-0.3, -0.25) is 4.40 Å². The van der Waals surface area contributed by atoms with E-state index in [9.17, 15) is 0 Å². The van der Waals surface area contributed by atoms with Crippen LogP contribution >= 0.6 is 23.4 Å². The molecule has 5 rings (SSSR count). The molecular formula is C26H21ClN4OS. The molecule has 5 nitrogen and oxygen atoms in total. The summed E-state index contributed by atoms with van der Waals surface area (Å²) < 4.78 is 7.86. The summed E-state index contributed by atoms with van der Waals surface area (Å²) >= 11 is 8.29. The van der Waals surface area contributed by atoms with Gasteiger partial charge in [0.2, 0.25) is 0 Å². The Labute approximate surface area is 201 Å². The summed E-state index contributed by atoms with van der Waals surface area (Å²) in [5.74, 6) is 1.38. The molecule has 0 spiro atoms. The Morgan fingerprint density at radius 2 is 1.73 bits per heavy atom. The van der Waals surface area contributed by atoms with Gasteiger partial charge in [-0.25, -0.2) is 0 Å². The summed E-state index contributed by atoms with van der Waals surface area (Å²) in [5.41, 5.74) is 9.65. The Bertz CT molecular complexity index is 1400. The molecule has 7 heteroatoms. The fraction of sp³-hybridized carbons (Fsp3) is 0.0769. The highest BCUT2D eigenvalue weighted by molar-refractivity contribution is 7.99. The fourth-order valence-electron chi connectivity index (χ4n) is 3.52. The number of pyridine rings is 1. The number of fused-ring (bicyclic) bond motifs is 1. The molecule has 0 bridgehead atoms. The van der Waals surface area contributed by atoms with Crippen LogP contribution in [0, 0.1) is 0 Å². The van der Waals surface area contributed by atoms with Crippen LogP contribution in [0.4, 0.5) is 0 Å². The predicted octanol–water partition coefficient (Wildman–Crippen LogP) is 6.24. The van der Waals surface area contributed by atoms with E-state index >= 15 is 0 Å². The van der Waals surface area contributed by atoms with Crippen molar-refractivity contribution in [3.05, 3.63) is 107 Å². The molecule has 0 saturated carbocycles. The summed E-state index contributed by atoms with van der Waals surface area (Å²) in [5, 5.41) is 9.26. The lowest BCUT2D eigenvalue weighted by molar-refractivity contribution is 0.306. The van der Waals surface area contributed by atoms with E-state index in [2.05, 4.69) is 16.3 Å². The van der Waals surface area contributed by atoms with Crippen LogP contribution in [0.1, 0.15) is 11.1 Å². The van der Waals surface area contributed by atoms with E-state index in [4.69, 9.17) is 22.1 Å². The van der Waals surface area contributed by atoms with Crippen molar-refractivity contribution in [2.45, 2.75) is 22.9 Å². The first-order valence-corrected chi connectivity index (χ1v) is 11.7. The van der Waals surface area contributed by atoms with E-state index in [1.165, 1.54) is 0 Å². The van der Waals surface area contributed by atoms with Crippen LogP contribution in [0.15, 0.2) is 101 Å². The quantitative estimate of drug-likeness (QED) is 0.304. The van der Waals surface area contributed by atoms with Crippen LogP contribution in [0.5, 0.6) is 5.75 Å². The zero-order valence-electron chi connectivity index (χ0n) is 17.7. The number of nitrogens with two attached hydrogens (primary N) is 1. The number of benzene rings is 3. The molecule has 0 aliphatic carbocycles. The maximum Gasteiger partial charge on any atom is 0.169 e. The van der Waals surface area contributed by atoms with Gasteiger partial charge in [-0.2, -0.15) is 0 Å². The van der Waals surface area contributed by atoms with Gasteiger partial charge in [0.1, 0.15) is 12.4 Å². The number of aromatic nitrogens is 3. The Morgan fingerprint density at radius 1 is 0.909 bits per heavy atom. The van der Waals surface area contributed by atoms with Crippen molar-refractivity contribution in [1.29, 1.82) is 0 Å². The average Bonchev–Trinajstić information content (AvgIpc) is 3.27. The highest BCUT2D eigenvalue weighted by Crippen LogP contribution is 2.34. The summed E-state index contributed by atoms with van der Waals surface area (Å²) in [6.07, 6.45) is 2.03. The van der Waals surface area contributed by atoms with Gasteiger partial charge >= 0.3 is 0 Å². The molecule has 0 aliphatic heterocycles. The number of nitrogens with zero attached hydrogens (tertiary/aromatic N) is 3. The minimum Gasteiger partial charge on any atom is -0.489 e. The lowest BCUT2D eigenvalue weighted by Gasteiger charge is -2.10. The molecule has 33 heavy (non-hydrogen) atoms. The lowest BCUT2D eigenvalue weighted by atomic mass is 10.2. The van der Waals surface area contributed by atoms with E-state index in [-0.39, 0.29) is 0 Å². The normalized spacial score (nSPS) is 11.1. The average molecular weight is 473 g/mol. The highest BCUT2D eigenvalue weighted by atomic mass is 35.5. The SMILES string of the molecule is NCc1ccccc1Sc1ccc2nnc(-c3ccc(OCc4ccccc4)cc3Cl)n2c1. The molecule has 0 amide bonds.